The molecule has 0 radical (unpaired) electrons. The molecular weight excluding hydrogens is 328 g/mol. The van der Waals surface area contributed by atoms with Crippen LogP contribution in [0.1, 0.15) is 34.5 Å². The molecular formula is C20H20N4O2. The van der Waals surface area contributed by atoms with Crippen molar-refractivity contribution in [1.29, 1.82) is 0 Å². The third kappa shape index (κ3) is 2.83. The van der Waals surface area contributed by atoms with E-state index < -0.39 is 0 Å². The normalized spacial score (nSPS) is 16.2. The Morgan fingerprint density at radius 2 is 1.96 bits per heavy atom. The summed E-state index contributed by atoms with van der Waals surface area (Å²) in [7, 11) is 1.66. The molecule has 1 unspecified atom stereocenters. The highest BCUT2D eigenvalue weighted by molar-refractivity contribution is 5.95. The van der Waals surface area contributed by atoms with E-state index in [1.807, 2.05) is 41.3 Å². The Kier molecular flexibility index (Phi) is 4.16. The number of ether oxygens (including phenoxy) is 1. The predicted molar refractivity (Wildman–Crippen MR) is 97.5 cm³/mol. The van der Waals surface area contributed by atoms with Gasteiger partial charge in [0.05, 0.1) is 13.2 Å². The van der Waals surface area contributed by atoms with E-state index in [1.54, 1.807) is 24.3 Å². The van der Waals surface area contributed by atoms with Crippen LogP contribution in [-0.4, -0.2) is 39.2 Å². The lowest BCUT2D eigenvalue weighted by Crippen LogP contribution is -2.38. The van der Waals surface area contributed by atoms with Crippen molar-refractivity contribution in [3.63, 3.8) is 0 Å². The first-order valence-electron chi connectivity index (χ1n) is 8.60. The average molecular weight is 348 g/mol. The van der Waals surface area contributed by atoms with Gasteiger partial charge in [-0.2, -0.15) is 0 Å². The molecule has 4 rings (SSSR count). The molecule has 1 aromatic heterocycles. The van der Waals surface area contributed by atoms with Gasteiger partial charge >= 0.3 is 0 Å². The van der Waals surface area contributed by atoms with Gasteiger partial charge in [-0.3, -0.25) is 9.36 Å². The summed E-state index contributed by atoms with van der Waals surface area (Å²) >= 11 is 0. The minimum absolute atomic E-state index is 0.0000761. The minimum Gasteiger partial charge on any atom is -0.497 e. The lowest BCUT2D eigenvalue weighted by Gasteiger charge is -2.35. The zero-order valence-electron chi connectivity index (χ0n) is 14.8. The Labute approximate surface area is 152 Å². The quantitative estimate of drug-likeness (QED) is 0.730. The second-order valence-electron chi connectivity index (χ2n) is 6.41. The van der Waals surface area contributed by atoms with Crippen LogP contribution < -0.4 is 4.74 Å². The maximum Gasteiger partial charge on any atom is 0.254 e. The van der Waals surface area contributed by atoms with Crippen molar-refractivity contribution in [3.05, 3.63) is 71.8 Å². The van der Waals surface area contributed by atoms with E-state index in [2.05, 4.69) is 23.2 Å². The lowest BCUT2D eigenvalue weighted by molar-refractivity contribution is 0.0677. The van der Waals surface area contributed by atoms with E-state index in [9.17, 15) is 4.79 Å². The summed E-state index contributed by atoms with van der Waals surface area (Å²) in [6.45, 7) is 2.77. The van der Waals surface area contributed by atoms with E-state index in [0.29, 0.717) is 12.1 Å². The van der Waals surface area contributed by atoms with E-state index in [-0.39, 0.29) is 11.9 Å². The molecule has 0 N–H and O–H groups in total. The van der Waals surface area contributed by atoms with Crippen molar-refractivity contribution in [2.75, 3.05) is 13.7 Å². The first-order chi connectivity index (χ1) is 12.7. The third-order valence-electron chi connectivity index (χ3n) is 4.96. The number of fused-ring (bicyclic) bond motifs is 1. The van der Waals surface area contributed by atoms with Crippen molar-refractivity contribution >= 4 is 5.91 Å². The SMILES string of the molecule is COc1ccc2c(c1)C(C)N(C(=O)c1cccc(-n3cnnc3)c1)CC2. The molecule has 0 fully saturated rings. The van der Waals surface area contributed by atoms with E-state index in [0.717, 1.165) is 23.4 Å². The number of hydrogen-bond acceptors (Lipinski definition) is 4. The molecule has 0 spiro atoms. The number of aromatic nitrogens is 3. The van der Waals surface area contributed by atoms with Crippen molar-refractivity contribution in [2.24, 2.45) is 0 Å². The van der Waals surface area contributed by atoms with Crippen LogP contribution in [0.2, 0.25) is 0 Å². The van der Waals surface area contributed by atoms with Gasteiger partial charge in [0.2, 0.25) is 0 Å². The van der Waals surface area contributed by atoms with E-state index in [4.69, 9.17) is 4.74 Å². The summed E-state index contributed by atoms with van der Waals surface area (Å²) in [5, 5.41) is 7.64. The Hall–Kier alpha value is -3.15. The first-order valence-corrected chi connectivity index (χ1v) is 8.60. The fourth-order valence-corrected chi connectivity index (χ4v) is 3.50. The van der Waals surface area contributed by atoms with Gasteiger partial charge in [-0.25, -0.2) is 0 Å². The maximum atomic E-state index is 13.2. The standard InChI is InChI=1S/C20H20N4O2/c1-14-19-11-18(26-2)7-6-15(19)8-9-24(14)20(25)16-4-3-5-17(10-16)23-12-21-22-13-23/h3-7,10-14H,8-9H2,1-2H3. The molecule has 1 amide bonds. The summed E-state index contributed by atoms with van der Waals surface area (Å²) in [5.74, 6) is 0.848. The summed E-state index contributed by atoms with van der Waals surface area (Å²) < 4.78 is 7.14. The van der Waals surface area contributed by atoms with Crippen molar-refractivity contribution in [1.82, 2.24) is 19.7 Å². The summed E-state index contributed by atoms with van der Waals surface area (Å²) in [6, 6.07) is 13.6. The van der Waals surface area contributed by atoms with Crippen LogP contribution in [0.25, 0.3) is 5.69 Å². The summed E-state index contributed by atoms with van der Waals surface area (Å²) in [5.41, 5.74) is 3.96. The highest BCUT2D eigenvalue weighted by Gasteiger charge is 2.28. The zero-order valence-corrected chi connectivity index (χ0v) is 14.8. The monoisotopic (exact) mass is 348 g/mol. The van der Waals surface area contributed by atoms with Gasteiger partial charge in [0.25, 0.3) is 5.91 Å². The molecule has 132 valence electrons. The van der Waals surface area contributed by atoms with E-state index in [1.165, 1.54) is 5.56 Å². The van der Waals surface area contributed by atoms with E-state index >= 15 is 0 Å². The smallest absolute Gasteiger partial charge is 0.254 e. The molecule has 1 aliphatic rings. The fraction of sp³-hybridized carbons (Fsp3) is 0.250. The van der Waals surface area contributed by atoms with Gasteiger partial charge in [0.15, 0.2) is 0 Å². The Morgan fingerprint density at radius 3 is 2.73 bits per heavy atom. The number of carbonyl (C=O) groups excluding carboxylic acids is 1. The molecule has 6 heteroatoms. The second kappa shape index (κ2) is 6.63. The van der Waals surface area contributed by atoms with Crippen LogP contribution in [0, 0.1) is 0 Å². The predicted octanol–water partition coefficient (Wildman–Crippen LogP) is 3.04. The van der Waals surface area contributed by atoms with Gasteiger partial charge in [-0.05, 0) is 54.8 Å². The molecule has 0 saturated heterocycles. The molecule has 0 bridgehead atoms. The highest BCUT2D eigenvalue weighted by Crippen LogP contribution is 2.33. The number of rotatable bonds is 3. The fourth-order valence-electron chi connectivity index (χ4n) is 3.50. The van der Waals surface area contributed by atoms with Gasteiger partial charge in [-0.15, -0.1) is 10.2 Å². The molecule has 0 aliphatic carbocycles. The summed E-state index contributed by atoms with van der Waals surface area (Å²) in [4.78, 5) is 15.1. The van der Waals surface area contributed by atoms with Crippen LogP contribution >= 0.6 is 0 Å². The maximum absolute atomic E-state index is 13.2. The van der Waals surface area contributed by atoms with Gasteiger partial charge in [-0.1, -0.05) is 12.1 Å². The number of nitrogens with zero attached hydrogens (tertiary/aromatic N) is 4. The molecule has 0 saturated carbocycles. The number of methoxy groups -OCH3 is 1. The molecule has 1 atom stereocenters. The number of hydrogen-bond donors (Lipinski definition) is 0. The Balaban J connectivity index is 1.63. The molecule has 26 heavy (non-hydrogen) atoms. The topological polar surface area (TPSA) is 60.2 Å². The van der Waals surface area contributed by atoms with Crippen LogP contribution in [-0.2, 0) is 6.42 Å². The number of benzene rings is 2. The molecule has 3 aromatic rings. The molecule has 1 aliphatic heterocycles. The summed E-state index contributed by atoms with van der Waals surface area (Å²) in [6.07, 6.45) is 4.09. The molecule has 2 aromatic carbocycles. The van der Waals surface area contributed by atoms with Crippen LogP contribution in [0.15, 0.2) is 55.1 Å². The van der Waals surface area contributed by atoms with Crippen molar-refractivity contribution < 1.29 is 9.53 Å². The Morgan fingerprint density at radius 1 is 1.15 bits per heavy atom. The molecule has 6 nitrogen and oxygen atoms in total. The number of amides is 1. The highest BCUT2D eigenvalue weighted by atomic mass is 16.5. The van der Waals surface area contributed by atoms with Crippen LogP contribution in [0.5, 0.6) is 5.75 Å². The molecule has 2 heterocycles. The number of carbonyl (C=O) groups is 1. The Bertz CT molecular complexity index is 937. The van der Waals surface area contributed by atoms with Gasteiger partial charge in [0, 0.05) is 17.8 Å². The third-order valence-corrected chi connectivity index (χ3v) is 4.96. The van der Waals surface area contributed by atoms with Gasteiger partial charge < -0.3 is 9.64 Å². The zero-order chi connectivity index (χ0) is 18.1. The average Bonchev–Trinajstić information content (AvgIpc) is 3.23. The minimum atomic E-state index is -0.0000761. The van der Waals surface area contributed by atoms with Gasteiger partial charge in [0.1, 0.15) is 18.4 Å². The lowest BCUT2D eigenvalue weighted by atomic mass is 9.92. The second-order valence-corrected chi connectivity index (χ2v) is 6.41. The van der Waals surface area contributed by atoms with Crippen LogP contribution in [0.3, 0.4) is 0 Å². The largest absolute Gasteiger partial charge is 0.497 e. The van der Waals surface area contributed by atoms with Crippen molar-refractivity contribution in [2.45, 2.75) is 19.4 Å². The first kappa shape index (κ1) is 16.3. The van der Waals surface area contributed by atoms with Crippen LogP contribution in [0.4, 0.5) is 0 Å². The van der Waals surface area contributed by atoms with Crippen molar-refractivity contribution in [3.8, 4) is 11.4 Å².